The van der Waals surface area contributed by atoms with Crippen molar-refractivity contribution in [3.8, 4) is 0 Å². The minimum absolute atomic E-state index is 0.0255. The van der Waals surface area contributed by atoms with Gasteiger partial charge in [0, 0.05) is 9.13 Å². The molecule has 0 unspecified atom stereocenters. The normalized spacial score (nSPS) is 13.7. The zero-order chi connectivity index (χ0) is 13.9. The fraction of sp³-hybridized carbons (Fsp3) is 0.235. The zero-order valence-corrected chi connectivity index (χ0v) is 13.3. The fourth-order valence-electron chi connectivity index (χ4n) is 2.63. The van der Waals surface area contributed by atoms with Gasteiger partial charge in [0.1, 0.15) is 0 Å². The number of halogens is 1. The highest BCUT2D eigenvalue weighted by molar-refractivity contribution is 14.1. The predicted octanol–water partition coefficient (Wildman–Crippen LogP) is 4.42. The Kier molecular flexibility index (Phi) is 4.05. The van der Waals surface area contributed by atoms with Gasteiger partial charge >= 0.3 is 0 Å². The third-order valence-corrected chi connectivity index (χ3v) is 4.67. The van der Waals surface area contributed by atoms with Crippen LogP contribution in [0.25, 0.3) is 0 Å². The molecule has 0 radical (unpaired) electrons. The molecule has 2 nitrogen and oxygen atoms in total. The first-order chi connectivity index (χ1) is 9.74. The van der Waals surface area contributed by atoms with Gasteiger partial charge < -0.3 is 5.32 Å². The van der Waals surface area contributed by atoms with Crippen LogP contribution in [0.4, 0.5) is 5.69 Å². The lowest BCUT2D eigenvalue weighted by molar-refractivity contribution is 0.102. The first-order valence-corrected chi connectivity index (χ1v) is 7.99. The molecule has 20 heavy (non-hydrogen) atoms. The van der Waals surface area contributed by atoms with Gasteiger partial charge in [-0.15, -0.1) is 0 Å². The maximum Gasteiger partial charge on any atom is 0.255 e. The number of para-hydroxylation sites is 1. The lowest BCUT2D eigenvalue weighted by Crippen LogP contribution is -2.14. The number of benzene rings is 2. The van der Waals surface area contributed by atoms with Crippen LogP contribution in [0.1, 0.15) is 34.3 Å². The van der Waals surface area contributed by atoms with Crippen molar-refractivity contribution < 1.29 is 4.79 Å². The van der Waals surface area contributed by atoms with Gasteiger partial charge in [-0.25, -0.2) is 0 Å². The van der Waals surface area contributed by atoms with E-state index in [4.69, 9.17) is 0 Å². The van der Waals surface area contributed by atoms with Crippen LogP contribution in [0.5, 0.6) is 0 Å². The van der Waals surface area contributed by atoms with Gasteiger partial charge in [-0.3, -0.25) is 4.79 Å². The summed E-state index contributed by atoms with van der Waals surface area (Å²) in [7, 11) is 0. The quantitative estimate of drug-likeness (QED) is 0.772. The first kappa shape index (κ1) is 13.6. The van der Waals surface area contributed by atoms with Gasteiger partial charge in [0.25, 0.3) is 5.91 Å². The number of rotatable bonds is 2. The molecule has 0 aromatic heterocycles. The molecule has 102 valence electrons. The third kappa shape index (κ3) is 2.87. The molecule has 0 saturated carbocycles. The molecule has 1 aliphatic rings. The Balaban J connectivity index is 1.82. The van der Waals surface area contributed by atoms with Crippen LogP contribution in [-0.4, -0.2) is 5.91 Å². The fourth-order valence-corrected chi connectivity index (χ4v) is 3.15. The maximum absolute atomic E-state index is 12.3. The zero-order valence-electron chi connectivity index (χ0n) is 11.2. The van der Waals surface area contributed by atoms with Gasteiger partial charge in [0.15, 0.2) is 0 Å². The van der Waals surface area contributed by atoms with Crippen molar-refractivity contribution in [1.29, 1.82) is 0 Å². The summed E-state index contributed by atoms with van der Waals surface area (Å²) in [5.74, 6) is -0.0255. The maximum atomic E-state index is 12.3. The van der Waals surface area contributed by atoms with Crippen LogP contribution >= 0.6 is 22.6 Å². The number of amides is 1. The molecule has 0 heterocycles. The molecule has 1 aliphatic carbocycles. The molecule has 3 rings (SSSR count). The average Bonchev–Trinajstić information content (AvgIpc) is 2.49. The number of hydrogen-bond donors (Lipinski definition) is 1. The van der Waals surface area contributed by atoms with Crippen molar-refractivity contribution >= 4 is 34.2 Å². The lowest BCUT2D eigenvalue weighted by atomic mass is 9.90. The second-order valence-electron chi connectivity index (χ2n) is 5.12. The second kappa shape index (κ2) is 5.95. The highest BCUT2D eigenvalue weighted by Crippen LogP contribution is 2.23. The van der Waals surface area contributed by atoms with Gasteiger partial charge in [-0.2, -0.15) is 0 Å². The van der Waals surface area contributed by atoms with E-state index in [1.54, 1.807) is 0 Å². The smallest absolute Gasteiger partial charge is 0.255 e. The van der Waals surface area contributed by atoms with Crippen molar-refractivity contribution in [2.75, 3.05) is 5.32 Å². The number of carbonyl (C=O) groups excluding carboxylic acids is 1. The van der Waals surface area contributed by atoms with Crippen molar-refractivity contribution in [1.82, 2.24) is 0 Å². The van der Waals surface area contributed by atoms with Crippen LogP contribution in [0.3, 0.4) is 0 Å². The summed E-state index contributed by atoms with van der Waals surface area (Å²) >= 11 is 2.23. The SMILES string of the molecule is O=C(Nc1ccccc1I)c1ccc2c(c1)CCCC2. The average molecular weight is 377 g/mol. The Morgan fingerprint density at radius 3 is 2.55 bits per heavy atom. The Labute approximate surface area is 132 Å². The number of nitrogens with one attached hydrogen (secondary N) is 1. The standard InChI is InChI=1S/C17H16INO/c18-15-7-3-4-8-16(15)19-17(20)14-10-9-12-5-1-2-6-13(12)11-14/h3-4,7-11H,1-2,5-6H2,(H,19,20). The topological polar surface area (TPSA) is 29.1 Å². The molecule has 2 aromatic carbocycles. The number of anilines is 1. The number of fused-ring (bicyclic) bond motifs is 1. The Morgan fingerprint density at radius 1 is 1.00 bits per heavy atom. The molecule has 0 atom stereocenters. The minimum Gasteiger partial charge on any atom is -0.321 e. The highest BCUT2D eigenvalue weighted by Gasteiger charge is 2.13. The van der Waals surface area contributed by atoms with E-state index in [1.807, 2.05) is 30.3 Å². The summed E-state index contributed by atoms with van der Waals surface area (Å²) in [5, 5.41) is 2.99. The van der Waals surface area contributed by atoms with E-state index in [9.17, 15) is 4.79 Å². The third-order valence-electron chi connectivity index (χ3n) is 3.73. The van der Waals surface area contributed by atoms with Crippen LogP contribution < -0.4 is 5.32 Å². The Hall–Kier alpha value is -1.36. The molecule has 0 saturated heterocycles. The molecule has 0 fully saturated rings. The molecular formula is C17H16INO. The Morgan fingerprint density at radius 2 is 1.75 bits per heavy atom. The minimum atomic E-state index is -0.0255. The van der Waals surface area contributed by atoms with Gasteiger partial charge in [0.2, 0.25) is 0 Å². The van der Waals surface area contributed by atoms with Gasteiger partial charge in [-0.1, -0.05) is 18.2 Å². The van der Waals surface area contributed by atoms with E-state index in [2.05, 4.69) is 40.0 Å². The number of aryl methyl sites for hydroxylation is 2. The van der Waals surface area contributed by atoms with E-state index in [0.717, 1.165) is 27.7 Å². The molecule has 2 aromatic rings. The summed E-state index contributed by atoms with van der Waals surface area (Å²) in [6.45, 7) is 0. The van der Waals surface area contributed by atoms with Crippen molar-refractivity contribution in [2.45, 2.75) is 25.7 Å². The molecule has 0 bridgehead atoms. The summed E-state index contributed by atoms with van der Waals surface area (Å²) in [6, 6.07) is 13.9. The monoisotopic (exact) mass is 377 g/mol. The van der Waals surface area contributed by atoms with Crippen LogP contribution in [-0.2, 0) is 12.8 Å². The molecule has 0 spiro atoms. The summed E-state index contributed by atoms with van der Waals surface area (Å²) in [4.78, 5) is 12.3. The van der Waals surface area contributed by atoms with Crippen molar-refractivity contribution in [2.24, 2.45) is 0 Å². The number of carbonyl (C=O) groups is 1. The molecule has 1 N–H and O–H groups in total. The van der Waals surface area contributed by atoms with Crippen molar-refractivity contribution in [3.05, 3.63) is 62.7 Å². The van der Waals surface area contributed by atoms with Gasteiger partial charge in [0.05, 0.1) is 5.69 Å². The summed E-state index contributed by atoms with van der Waals surface area (Å²) in [5.41, 5.74) is 4.37. The predicted molar refractivity (Wildman–Crippen MR) is 90.2 cm³/mol. The highest BCUT2D eigenvalue weighted by atomic mass is 127. The van der Waals surface area contributed by atoms with Gasteiger partial charge in [-0.05, 0) is 83.7 Å². The lowest BCUT2D eigenvalue weighted by Gasteiger charge is -2.16. The largest absolute Gasteiger partial charge is 0.321 e. The van der Waals surface area contributed by atoms with Crippen molar-refractivity contribution in [3.63, 3.8) is 0 Å². The van der Waals surface area contributed by atoms with E-state index >= 15 is 0 Å². The summed E-state index contributed by atoms with van der Waals surface area (Å²) in [6.07, 6.45) is 4.74. The molecular weight excluding hydrogens is 361 g/mol. The number of hydrogen-bond acceptors (Lipinski definition) is 1. The van der Waals surface area contributed by atoms with Crippen LogP contribution in [0.15, 0.2) is 42.5 Å². The van der Waals surface area contributed by atoms with E-state index < -0.39 is 0 Å². The van der Waals surface area contributed by atoms with Crippen LogP contribution in [0.2, 0.25) is 0 Å². The first-order valence-electron chi connectivity index (χ1n) is 6.92. The molecule has 3 heteroatoms. The molecule has 1 amide bonds. The van der Waals surface area contributed by atoms with E-state index in [1.165, 1.54) is 24.0 Å². The second-order valence-corrected chi connectivity index (χ2v) is 6.29. The van der Waals surface area contributed by atoms with Crippen LogP contribution in [0, 0.1) is 3.57 Å². The molecule has 0 aliphatic heterocycles. The summed E-state index contributed by atoms with van der Waals surface area (Å²) < 4.78 is 1.05. The van der Waals surface area contributed by atoms with E-state index in [-0.39, 0.29) is 5.91 Å². The Bertz CT molecular complexity index is 651. The van der Waals surface area contributed by atoms with E-state index in [0.29, 0.717) is 0 Å².